The zero-order valence-electron chi connectivity index (χ0n) is 10.6. The fraction of sp³-hybridized carbons (Fsp3) is 0.500. The molecular formula is C12H18N2O3. The number of anilines is 1. The lowest BCUT2D eigenvalue weighted by Crippen LogP contribution is -2.30. The second-order valence-corrected chi connectivity index (χ2v) is 4.48. The number of nitrogens with zero attached hydrogens (tertiary/aromatic N) is 1. The third kappa shape index (κ3) is 3.09. The standard InChI is InChI=1S/C12H18N2O3/c1-5-12(2,3)13-9-7-6-8-10(17-4)11(9)14(15)16/h6-8,13H,5H2,1-4H3. The van der Waals surface area contributed by atoms with Crippen molar-refractivity contribution in [1.82, 2.24) is 0 Å². The molecule has 0 atom stereocenters. The van der Waals surface area contributed by atoms with Gasteiger partial charge in [0.15, 0.2) is 5.75 Å². The molecule has 1 N–H and O–H groups in total. The highest BCUT2D eigenvalue weighted by atomic mass is 16.6. The van der Waals surface area contributed by atoms with Crippen LogP contribution in [0.3, 0.4) is 0 Å². The van der Waals surface area contributed by atoms with Crippen LogP contribution in [-0.4, -0.2) is 17.6 Å². The first-order chi connectivity index (χ1) is 7.91. The Labute approximate surface area is 101 Å². The summed E-state index contributed by atoms with van der Waals surface area (Å²) in [6.07, 6.45) is 0.862. The molecule has 0 fully saturated rings. The van der Waals surface area contributed by atoms with Crippen LogP contribution in [0, 0.1) is 10.1 Å². The molecule has 0 radical (unpaired) electrons. The van der Waals surface area contributed by atoms with Crippen molar-refractivity contribution >= 4 is 11.4 Å². The van der Waals surface area contributed by atoms with Crippen molar-refractivity contribution in [2.45, 2.75) is 32.7 Å². The van der Waals surface area contributed by atoms with Gasteiger partial charge in [0.1, 0.15) is 5.69 Å². The summed E-state index contributed by atoms with van der Waals surface area (Å²) in [6.45, 7) is 6.02. The summed E-state index contributed by atoms with van der Waals surface area (Å²) in [7, 11) is 1.43. The highest BCUT2D eigenvalue weighted by Gasteiger charge is 2.24. The Kier molecular flexibility index (Phi) is 3.93. The van der Waals surface area contributed by atoms with Crippen molar-refractivity contribution in [3.05, 3.63) is 28.3 Å². The molecule has 1 aromatic rings. The molecule has 0 saturated carbocycles. The van der Waals surface area contributed by atoms with Gasteiger partial charge in [-0.15, -0.1) is 0 Å². The average Bonchev–Trinajstić information content (AvgIpc) is 2.27. The van der Waals surface area contributed by atoms with E-state index in [4.69, 9.17) is 4.74 Å². The van der Waals surface area contributed by atoms with Gasteiger partial charge >= 0.3 is 5.69 Å². The molecule has 0 aliphatic rings. The Hall–Kier alpha value is -1.78. The van der Waals surface area contributed by atoms with Crippen LogP contribution in [-0.2, 0) is 0 Å². The number of methoxy groups -OCH3 is 1. The summed E-state index contributed by atoms with van der Waals surface area (Å²) in [6, 6.07) is 5.01. The van der Waals surface area contributed by atoms with Crippen molar-refractivity contribution in [3.63, 3.8) is 0 Å². The molecule has 0 amide bonds. The van der Waals surface area contributed by atoms with Gasteiger partial charge < -0.3 is 10.1 Å². The maximum Gasteiger partial charge on any atom is 0.333 e. The van der Waals surface area contributed by atoms with Crippen LogP contribution in [0.15, 0.2) is 18.2 Å². The lowest BCUT2D eigenvalue weighted by Gasteiger charge is -2.25. The van der Waals surface area contributed by atoms with Crippen molar-refractivity contribution in [1.29, 1.82) is 0 Å². The van der Waals surface area contributed by atoms with Crippen LogP contribution in [0.5, 0.6) is 5.75 Å². The number of hydrogen-bond donors (Lipinski definition) is 1. The topological polar surface area (TPSA) is 64.4 Å². The fourth-order valence-corrected chi connectivity index (χ4v) is 1.43. The highest BCUT2D eigenvalue weighted by Crippen LogP contribution is 2.36. The number of nitrogens with one attached hydrogen (secondary N) is 1. The summed E-state index contributed by atoms with van der Waals surface area (Å²) in [5.41, 5.74) is 0.273. The van der Waals surface area contributed by atoms with Gasteiger partial charge in [-0.2, -0.15) is 0 Å². The summed E-state index contributed by atoms with van der Waals surface area (Å²) >= 11 is 0. The molecule has 17 heavy (non-hydrogen) atoms. The minimum absolute atomic E-state index is 0.0171. The normalized spacial score (nSPS) is 11.1. The van der Waals surface area contributed by atoms with Crippen molar-refractivity contribution in [2.24, 2.45) is 0 Å². The minimum atomic E-state index is -0.424. The Balaban J connectivity index is 3.19. The van der Waals surface area contributed by atoms with E-state index in [1.165, 1.54) is 7.11 Å². The lowest BCUT2D eigenvalue weighted by atomic mass is 10.0. The number of hydrogen-bond acceptors (Lipinski definition) is 4. The quantitative estimate of drug-likeness (QED) is 0.632. The number of rotatable bonds is 5. The van der Waals surface area contributed by atoms with Gasteiger partial charge in [0.2, 0.25) is 0 Å². The summed E-state index contributed by atoms with van der Waals surface area (Å²) < 4.78 is 5.01. The number of benzene rings is 1. The van der Waals surface area contributed by atoms with Gasteiger partial charge in [0, 0.05) is 5.54 Å². The van der Waals surface area contributed by atoms with E-state index in [1.807, 2.05) is 20.8 Å². The monoisotopic (exact) mass is 238 g/mol. The molecule has 0 spiro atoms. The number of para-hydroxylation sites is 1. The average molecular weight is 238 g/mol. The Bertz CT molecular complexity index is 416. The fourth-order valence-electron chi connectivity index (χ4n) is 1.43. The van der Waals surface area contributed by atoms with E-state index in [0.29, 0.717) is 5.69 Å². The Morgan fingerprint density at radius 3 is 2.59 bits per heavy atom. The molecule has 0 bridgehead atoms. The zero-order chi connectivity index (χ0) is 13.1. The molecule has 0 heterocycles. The van der Waals surface area contributed by atoms with E-state index >= 15 is 0 Å². The van der Waals surface area contributed by atoms with Gasteiger partial charge in [0.25, 0.3) is 0 Å². The summed E-state index contributed by atoms with van der Waals surface area (Å²) in [5, 5.41) is 14.2. The molecule has 0 aromatic heterocycles. The van der Waals surface area contributed by atoms with Gasteiger partial charge in [0.05, 0.1) is 12.0 Å². The molecule has 0 unspecified atom stereocenters. The van der Waals surface area contributed by atoms with Gasteiger partial charge in [-0.25, -0.2) is 0 Å². The van der Waals surface area contributed by atoms with Crippen LogP contribution in [0.2, 0.25) is 0 Å². The van der Waals surface area contributed by atoms with E-state index in [2.05, 4.69) is 5.32 Å². The third-order valence-electron chi connectivity index (χ3n) is 2.76. The van der Waals surface area contributed by atoms with Gasteiger partial charge in [-0.05, 0) is 32.4 Å². The van der Waals surface area contributed by atoms with E-state index in [0.717, 1.165) is 6.42 Å². The largest absolute Gasteiger partial charge is 0.490 e. The van der Waals surface area contributed by atoms with E-state index in [1.54, 1.807) is 18.2 Å². The van der Waals surface area contributed by atoms with Crippen LogP contribution in [0.4, 0.5) is 11.4 Å². The molecule has 0 aliphatic heterocycles. The molecule has 0 saturated heterocycles. The zero-order valence-corrected chi connectivity index (χ0v) is 10.6. The number of nitro groups is 1. The predicted molar refractivity (Wildman–Crippen MR) is 67.6 cm³/mol. The maximum atomic E-state index is 11.1. The molecular weight excluding hydrogens is 220 g/mol. The molecule has 5 heteroatoms. The molecule has 0 aliphatic carbocycles. The summed E-state index contributed by atoms with van der Waals surface area (Å²) in [4.78, 5) is 10.6. The van der Waals surface area contributed by atoms with Crippen molar-refractivity contribution in [2.75, 3.05) is 12.4 Å². The number of nitro benzene ring substituents is 1. The van der Waals surface area contributed by atoms with Gasteiger partial charge in [-0.1, -0.05) is 13.0 Å². The highest BCUT2D eigenvalue weighted by molar-refractivity contribution is 5.69. The van der Waals surface area contributed by atoms with E-state index in [9.17, 15) is 10.1 Å². The molecule has 5 nitrogen and oxygen atoms in total. The molecule has 1 aromatic carbocycles. The second-order valence-electron chi connectivity index (χ2n) is 4.48. The van der Waals surface area contributed by atoms with Crippen molar-refractivity contribution in [3.8, 4) is 5.75 Å². The Morgan fingerprint density at radius 1 is 1.47 bits per heavy atom. The summed E-state index contributed by atoms with van der Waals surface area (Å²) in [5.74, 6) is 0.270. The first-order valence-corrected chi connectivity index (χ1v) is 5.51. The minimum Gasteiger partial charge on any atom is -0.490 e. The van der Waals surface area contributed by atoms with Crippen molar-refractivity contribution < 1.29 is 9.66 Å². The lowest BCUT2D eigenvalue weighted by molar-refractivity contribution is -0.384. The SMILES string of the molecule is CCC(C)(C)Nc1cccc(OC)c1[N+](=O)[O-]. The van der Waals surface area contributed by atoms with Crippen LogP contribution in [0.1, 0.15) is 27.2 Å². The number of ether oxygens (including phenoxy) is 1. The molecule has 1 rings (SSSR count). The molecule has 94 valence electrons. The second kappa shape index (κ2) is 5.03. The van der Waals surface area contributed by atoms with E-state index in [-0.39, 0.29) is 17.0 Å². The van der Waals surface area contributed by atoms with E-state index < -0.39 is 4.92 Å². The van der Waals surface area contributed by atoms with Gasteiger partial charge in [-0.3, -0.25) is 10.1 Å². The van der Waals surface area contributed by atoms with Crippen LogP contribution >= 0.6 is 0 Å². The predicted octanol–water partition coefficient (Wildman–Crippen LogP) is 3.20. The first-order valence-electron chi connectivity index (χ1n) is 5.51. The maximum absolute atomic E-state index is 11.1. The Morgan fingerprint density at radius 2 is 2.12 bits per heavy atom. The first kappa shape index (κ1) is 13.3. The third-order valence-corrected chi connectivity index (χ3v) is 2.76. The smallest absolute Gasteiger partial charge is 0.333 e. The van der Waals surface area contributed by atoms with Crippen LogP contribution in [0.25, 0.3) is 0 Å². The van der Waals surface area contributed by atoms with Crippen LogP contribution < -0.4 is 10.1 Å².